The van der Waals surface area contributed by atoms with E-state index in [2.05, 4.69) is 26.9 Å². The van der Waals surface area contributed by atoms with Crippen molar-refractivity contribution in [3.63, 3.8) is 0 Å². The van der Waals surface area contributed by atoms with Gasteiger partial charge in [0.05, 0.1) is 12.5 Å². The zero-order valence-corrected chi connectivity index (χ0v) is 18.3. The highest BCUT2D eigenvalue weighted by atomic mass is 16.5. The van der Waals surface area contributed by atoms with Gasteiger partial charge in [-0.1, -0.05) is 18.2 Å². The van der Waals surface area contributed by atoms with E-state index in [9.17, 15) is 4.79 Å². The molecule has 160 valence electrons. The number of hydrogen-bond donors (Lipinski definition) is 0. The van der Waals surface area contributed by atoms with E-state index < -0.39 is 0 Å². The summed E-state index contributed by atoms with van der Waals surface area (Å²) in [4.78, 5) is 24.6. The summed E-state index contributed by atoms with van der Waals surface area (Å²) < 4.78 is 5.28. The van der Waals surface area contributed by atoms with Gasteiger partial charge in [0.1, 0.15) is 11.6 Å². The van der Waals surface area contributed by atoms with Crippen LogP contribution < -0.4 is 9.64 Å². The fraction of sp³-hybridized carbons (Fsp3) is 0.500. The lowest BCUT2D eigenvalue weighted by atomic mass is 9.74. The highest BCUT2D eigenvalue weighted by Crippen LogP contribution is 2.45. The van der Waals surface area contributed by atoms with Crippen LogP contribution in [0.4, 0.5) is 5.82 Å². The Hall–Kier alpha value is -2.60. The minimum absolute atomic E-state index is 0.261. The molecule has 1 amide bonds. The predicted molar refractivity (Wildman–Crippen MR) is 119 cm³/mol. The number of rotatable bonds is 5. The monoisotopic (exact) mass is 408 g/mol. The van der Waals surface area contributed by atoms with E-state index in [4.69, 9.17) is 4.74 Å². The van der Waals surface area contributed by atoms with E-state index in [1.165, 1.54) is 5.56 Å². The summed E-state index contributed by atoms with van der Waals surface area (Å²) in [5.41, 5.74) is 0.942. The Labute approximate surface area is 179 Å². The molecule has 3 heterocycles. The standard InChI is InChI=1S/C24H32N4O2/c1-26(2)23(29)24-12-6-14-27(15-19-8-10-21(30-3)11-9-19)16-20(24)17-28(18-24)22-7-4-5-13-25-22/h4-5,7-11,13,20H,6,12,14-18H2,1-3H3/t20-,24-/m0/s1. The average Bonchev–Trinajstić information content (AvgIpc) is 3.04. The molecule has 0 bridgehead atoms. The maximum Gasteiger partial charge on any atom is 0.230 e. The molecule has 6 nitrogen and oxygen atoms in total. The Morgan fingerprint density at radius 2 is 2.00 bits per heavy atom. The van der Waals surface area contributed by atoms with Crippen molar-refractivity contribution in [2.75, 3.05) is 52.3 Å². The summed E-state index contributed by atoms with van der Waals surface area (Å²) in [6.45, 7) is 4.47. The molecule has 0 spiro atoms. The highest BCUT2D eigenvalue weighted by Gasteiger charge is 2.53. The van der Waals surface area contributed by atoms with Crippen LogP contribution in [0, 0.1) is 11.3 Å². The maximum absolute atomic E-state index is 13.4. The quantitative estimate of drug-likeness (QED) is 0.761. The first-order valence-electron chi connectivity index (χ1n) is 10.7. The van der Waals surface area contributed by atoms with Gasteiger partial charge in [0.2, 0.25) is 5.91 Å². The van der Waals surface area contributed by atoms with Crippen molar-refractivity contribution in [2.45, 2.75) is 19.4 Å². The van der Waals surface area contributed by atoms with E-state index in [-0.39, 0.29) is 17.2 Å². The molecule has 0 radical (unpaired) electrons. The summed E-state index contributed by atoms with van der Waals surface area (Å²) in [5.74, 6) is 2.40. The van der Waals surface area contributed by atoms with Crippen LogP contribution in [0.3, 0.4) is 0 Å². The van der Waals surface area contributed by atoms with E-state index >= 15 is 0 Å². The molecule has 6 heteroatoms. The smallest absolute Gasteiger partial charge is 0.230 e. The van der Waals surface area contributed by atoms with Crippen LogP contribution in [-0.2, 0) is 11.3 Å². The van der Waals surface area contributed by atoms with Gasteiger partial charge in [0.25, 0.3) is 0 Å². The highest BCUT2D eigenvalue weighted by molar-refractivity contribution is 5.84. The molecule has 4 rings (SSSR count). The Morgan fingerprint density at radius 1 is 1.20 bits per heavy atom. The first kappa shape index (κ1) is 20.7. The van der Waals surface area contributed by atoms with Gasteiger partial charge < -0.3 is 14.5 Å². The third kappa shape index (κ3) is 4.01. The van der Waals surface area contributed by atoms with Crippen molar-refractivity contribution < 1.29 is 9.53 Å². The van der Waals surface area contributed by atoms with Crippen LogP contribution in [0.5, 0.6) is 5.75 Å². The Bertz CT molecular complexity index is 855. The van der Waals surface area contributed by atoms with Crippen LogP contribution in [0.2, 0.25) is 0 Å². The molecular weight excluding hydrogens is 376 g/mol. The van der Waals surface area contributed by atoms with Gasteiger partial charge in [-0.2, -0.15) is 0 Å². The van der Waals surface area contributed by atoms with Crippen molar-refractivity contribution in [1.82, 2.24) is 14.8 Å². The molecule has 2 atom stereocenters. The second-order valence-electron chi connectivity index (χ2n) is 8.81. The van der Waals surface area contributed by atoms with E-state index in [0.717, 1.165) is 57.1 Å². The number of benzene rings is 1. The third-order valence-electron chi connectivity index (χ3n) is 6.64. The second-order valence-corrected chi connectivity index (χ2v) is 8.81. The fourth-order valence-electron chi connectivity index (χ4n) is 5.15. The molecule has 1 aromatic carbocycles. The Morgan fingerprint density at radius 3 is 2.67 bits per heavy atom. The zero-order chi connectivity index (χ0) is 21.1. The molecule has 1 aromatic heterocycles. The summed E-state index contributed by atoms with van der Waals surface area (Å²) in [6.07, 6.45) is 3.79. The van der Waals surface area contributed by atoms with Crippen molar-refractivity contribution in [3.05, 3.63) is 54.2 Å². The van der Waals surface area contributed by atoms with Crippen LogP contribution in [0.1, 0.15) is 18.4 Å². The molecular formula is C24H32N4O2. The fourth-order valence-corrected chi connectivity index (χ4v) is 5.15. The molecule has 0 N–H and O–H groups in total. The first-order chi connectivity index (χ1) is 14.5. The van der Waals surface area contributed by atoms with Gasteiger partial charge in [0, 0.05) is 52.4 Å². The van der Waals surface area contributed by atoms with Gasteiger partial charge in [-0.25, -0.2) is 4.98 Å². The van der Waals surface area contributed by atoms with Crippen LogP contribution in [-0.4, -0.2) is 68.1 Å². The zero-order valence-electron chi connectivity index (χ0n) is 18.3. The SMILES string of the molecule is COc1ccc(CN2CCC[C@]3(C(=O)N(C)C)CN(c4ccccn4)C[C@@H]3C2)cc1. The van der Waals surface area contributed by atoms with Gasteiger partial charge in [-0.3, -0.25) is 9.69 Å². The molecule has 0 unspecified atom stereocenters. The number of aromatic nitrogens is 1. The topological polar surface area (TPSA) is 48.9 Å². The van der Waals surface area contributed by atoms with E-state index in [1.54, 1.807) is 12.0 Å². The van der Waals surface area contributed by atoms with Gasteiger partial charge in [-0.15, -0.1) is 0 Å². The minimum atomic E-state index is -0.338. The minimum Gasteiger partial charge on any atom is -0.497 e. The summed E-state index contributed by atoms with van der Waals surface area (Å²) in [5, 5.41) is 0. The maximum atomic E-state index is 13.4. The molecule has 0 aliphatic carbocycles. The molecule has 2 aliphatic heterocycles. The van der Waals surface area contributed by atoms with Crippen LogP contribution >= 0.6 is 0 Å². The Kier molecular flexibility index (Phi) is 5.95. The van der Waals surface area contributed by atoms with Crippen molar-refractivity contribution in [3.8, 4) is 5.75 Å². The largest absolute Gasteiger partial charge is 0.497 e. The molecule has 2 saturated heterocycles. The number of hydrogen-bond acceptors (Lipinski definition) is 5. The van der Waals surface area contributed by atoms with E-state index in [1.807, 2.05) is 50.6 Å². The number of methoxy groups -OCH3 is 1. The van der Waals surface area contributed by atoms with Gasteiger partial charge in [0.15, 0.2) is 0 Å². The molecule has 2 fully saturated rings. The first-order valence-corrected chi connectivity index (χ1v) is 10.7. The molecule has 2 aromatic rings. The van der Waals surface area contributed by atoms with E-state index in [0.29, 0.717) is 0 Å². The molecule has 30 heavy (non-hydrogen) atoms. The van der Waals surface area contributed by atoms with Gasteiger partial charge >= 0.3 is 0 Å². The number of anilines is 1. The number of ether oxygens (including phenoxy) is 1. The predicted octanol–water partition coefficient (Wildman–Crippen LogP) is 2.90. The lowest BCUT2D eigenvalue weighted by molar-refractivity contribution is -0.141. The van der Waals surface area contributed by atoms with Crippen molar-refractivity contribution >= 4 is 11.7 Å². The van der Waals surface area contributed by atoms with Gasteiger partial charge in [-0.05, 0) is 49.2 Å². The number of pyridine rings is 1. The number of fused-ring (bicyclic) bond motifs is 1. The number of amides is 1. The normalized spacial score (nSPS) is 24.2. The summed E-state index contributed by atoms with van der Waals surface area (Å²) >= 11 is 0. The number of carbonyl (C=O) groups is 1. The summed E-state index contributed by atoms with van der Waals surface area (Å²) in [6, 6.07) is 14.3. The number of carbonyl (C=O) groups excluding carboxylic acids is 1. The van der Waals surface area contributed by atoms with Crippen molar-refractivity contribution in [2.24, 2.45) is 11.3 Å². The van der Waals surface area contributed by atoms with Crippen molar-refractivity contribution in [1.29, 1.82) is 0 Å². The molecule has 2 aliphatic rings. The lowest BCUT2D eigenvalue weighted by Gasteiger charge is -2.34. The third-order valence-corrected chi connectivity index (χ3v) is 6.64. The number of likely N-dealkylation sites (tertiary alicyclic amines) is 1. The summed E-state index contributed by atoms with van der Waals surface area (Å²) in [7, 11) is 5.47. The Balaban J connectivity index is 1.56. The second kappa shape index (κ2) is 8.64. The molecule has 0 saturated carbocycles. The lowest BCUT2D eigenvalue weighted by Crippen LogP contribution is -2.47. The van der Waals surface area contributed by atoms with Crippen LogP contribution in [0.25, 0.3) is 0 Å². The number of nitrogens with zero attached hydrogens (tertiary/aromatic N) is 4. The average molecular weight is 409 g/mol. The van der Waals surface area contributed by atoms with Crippen LogP contribution in [0.15, 0.2) is 48.7 Å².